The molecule has 2 aromatic carbocycles. The molecule has 136 valence electrons. The second kappa shape index (κ2) is 10.2. The molecule has 0 N–H and O–H groups in total. The van der Waals surface area contributed by atoms with E-state index in [2.05, 4.69) is 17.2 Å². The minimum Gasteiger partial charge on any atom is -0.427 e. The molecule has 0 saturated carbocycles. The molecule has 0 amide bonds. The lowest BCUT2D eigenvalue weighted by molar-refractivity contribution is -0.134. The van der Waals surface area contributed by atoms with Gasteiger partial charge in [-0.3, -0.25) is 9.59 Å². The van der Waals surface area contributed by atoms with Crippen molar-refractivity contribution < 1.29 is 14.3 Å². The molecule has 0 atom stereocenters. The highest BCUT2D eigenvalue weighted by atomic mass is 16.5. The summed E-state index contributed by atoms with van der Waals surface area (Å²) in [6.07, 6.45) is 3.65. The minimum atomic E-state index is -0.240. The van der Waals surface area contributed by atoms with E-state index in [0.717, 1.165) is 19.3 Å². The highest BCUT2D eigenvalue weighted by Gasteiger charge is 2.05. The van der Waals surface area contributed by atoms with Crippen LogP contribution in [0.15, 0.2) is 58.8 Å². The summed E-state index contributed by atoms with van der Waals surface area (Å²) in [5.74, 6) is 0.413. The molecule has 5 nitrogen and oxygen atoms in total. The maximum atomic E-state index is 12.0. The number of hydrogen-bond acceptors (Lipinski definition) is 5. The van der Waals surface area contributed by atoms with Gasteiger partial charge in [-0.15, -0.1) is 0 Å². The topological polar surface area (TPSA) is 68.1 Å². The third kappa shape index (κ3) is 6.24. The van der Waals surface area contributed by atoms with Crippen LogP contribution in [0.4, 0.5) is 11.4 Å². The van der Waals surface area contributed by atoms with Gasteiger partial charge in [0.1, 0.15) is 5.75 Å². The number of azo groups is 1. The lowest BCUT2D eigenvalue weighted by Gasteiger charge is -2.03. The van der Waals surface area contributed by atoms with Crippen molar-refractivity contribution in [3.05, 3.63) is 54.1 Å². The van der Waals surface area contributed by atoms with E-state index in [1.165, 1.54) is 0 Å². The highest BCUT2D eigenvalue weighted by Crippen LogP contribution is 2.22. The summed E-state index contributed by atoms with van der Waals surface area (Å²) in [5, 5.41) is 8.32. The van der Waals surface area contributed by atoms with Crippen LogP contribution in [0.1, 0.15) is 56.3 Å². The first-order chi connectivity index (χ1) is 12.6. The van der Waals surface area contributed by atoms with E-state index in [1.807, 2.05) is 6.92 Å². The molecule has 0 aliphatic carbocycles. The van der Waals surface area contributed by atoms with Crippen molar-refractivity contribution in [2.45, 2.75) is 46.0 Å². The van der Waals surface area contributed by atoms with Gasteiger partial charge in [0, 0.05) is 18.4 Å². The van der Waals surface area contributed by atoms with Gasteiger partial charge in [-0.2, -0.15) is 10.2 Å². The lowest BCUT2D eigenvalue weighted by Crippen LogP contribution is -2.06. The third-order valence-electron chi connectivity index (χ3n) is 3.75. The number of hydrogen-bond donors (Lipinski definition) is 0. The number of carbonyl (C=O) groups is 2. The van der Waals surface area contributed by atoms with E-state index in [4.69, 9.17) is 4.74 Å². The molecule has 0 fully saturated rings. The van der Waals surface area contributed by atoms with Gasteiger partial charge in [0.2, 0.25) is 0 Å². The van der Waals surface area contributed by atoms with Crippen molar-refractivity contribution in [2.24, 2.45) is 10.2 Å². The number of ether oxygens (including phenoxy) is 1. The Labute approximate surface area is 154 Å². The largest absolute Gasteiger partial charge is 0.427 e. The second-order valence-corrected chi connectivity index (χ2v) is 5.99. The van der Waals surface area contributed by atoms with Crippen molar-refractivity contribution in [1.29, 1.82) is 0 Å². The summed E-state index contributed by atoms with van der Waals surface area (Å²) in [5.41, 5.74) is 2.04. The molecule has 2 aromatic rings. The molecule has 0 aliphatic heterocycles. The molecule has 0 saturated heterocycles. The highest BCUT2D eigenvalue weighted by molar-refractivity contribution is 5.96. The molecular formula is C21H24N2O3. The summed E-state index contributed by atoms with van der Waals surface area (Å²) in [6.45, 7) is 4.00. The average Bonchev–Trinajstić information content (AvgIpc) is 2.66. The SMILES string of the molecule is CCCCC(=O)c1ccc(N=Nc2ccc(OC(=O)CCC)cc2)cc1. The van der Waals surface area contributed by atoms with Gasteiger partial charge in [0.15, 0.2) is 5.78 Å². The molecule has 0 radical (unpaired) electrons. The Morgan fingerprint density at radius 2 is 1.38 bits per heavy atom. The van der Waals surface area contributed by atoms with Crippen molar-refractivity contribution in [3.8, 4) is 5.75 Å². The molecular weight excluding hydrogens is 328 g/mol. The zero-order valence-electron chi connectivity index (χ0n) is 15.3. The van der Waals surface area contributed by atoms with E-state index in [0.29, 0.717) is 35.5 Å². The number of carbonyl (C=O) groups excluding carboxylic acids is 2. The standard InChI is InChI=1S/C21H24N2O3/c1-3-5-7-20(24)16-8-10-17(11-9-16)22-23-18-12-14-19(15-13-18)26-21(25)6-4-2/h8-15H,3-7H2,1-2H3. The molecule has 2 rings (SSSR count). The van der Waals surface area contributed by atoms with Crippen LogP contribution in [0.25, 0.3) is 0 Å². The molecule has 0 aliphatic rings. The maximum absolute atomic E-state index is 12.0. The Morgan fingerprint density at radius 3 is 1.92 bits per heavy atom. The quantitative estimate of drug-likeness (QED) is 0.234. The predicted octanol–water partition coefficient (Wildman–Crippen LogP) is 6.18. The fourth-order valence-electron chi connectivity index (χ4n) is 2.28. The van der Waals surface area contributed by atoms with Crippen molar-refractivity contribution in [2.75, 3.05) is 0 Å². The molecule has 0 unspecified atom stereocenters. The molecule has 0 spiro atoms. The van der Waals surface area contributed by atoms with Crippen LogP contribution in [-0.2, 0) is 4.79 Å². The van der Waals surface area contributed by atoms with Crippen LogP contribution in [0.3, 0.4) is 0 Å². The van der Waals surface area contributed by atoms with Crippen LogP contribution in [0, 0.1) is 0 Å². The second-order valence-electron chi connectivity index (χ2n) is 5.99. The third-order valence-corrected chi connectivity index (χ3v) is 3.75. The van der Waals surface area contributed by atoms with E-state index in [1.54, 1.807) is 48.5 Å². The lowest BCUT2D eigenvalue weighted by atomic mass is 10.1. The number of unbranched alkanes of at least 4 members (excludes halogenated alkanes) is 1. The molecule has 5 heteroatoms. The van der Waals surface area contributed by atoms with Crippen LogP contribution in [0.2, 0.25) is 0 Å². The summed E-state index contributed by atoms with van der Waals surface area (Å²) in [6, 6.07) is 14.0. The first-order valence-electron chi connectivity index (χ1n) is 8.98. The van der Waals surface area contributed by atoms with E-state index in [-0.39, 0.29) is 11.8 Å². The average molecular weight is 352 g/mol. The van der Waals surface area contributed by atoms with Crippen LogP contribution in [0.5, 0.6) is 5.75 Å². The normalized spacial score (nSPS) is 10.8. The van der Waals surface area contributed by atoms with Gasteiger partial charge < -0.3 is 4.74 Å². The van der Waals surface area contributed by atoms with Crippen LogP contribution in [-0.4, -0.2) is 11.8 Å². The Hall–Kier alpha value is -2.82. The zero-order valence-corrected chi connectivity index (χ0v) is 15.3. The Morgan fingerprint density at radius 1 is 0.808 bits per heavy atom. The molecule has 0 heterocycles. The summed E-state index contributed by atoms with van der Waals surface area (Å²) in [7, 11) is 0. The van der Waals surface area contributed by atoms with E-state index < -0.39 is 0 Å². The fraction of sp³-hybridized carbons (Fsp3) is 0.333. The smallest absolute Gasteiger partial charge is 0.311 e. The zero-order chi connectivity index (χ0) is 18.8. The fourth-order valence-corrected chi connectivity index (χ4v) is 2.28. The number of benzene rings is 2. The van der Waals surface area contributed by atoms with Crippen molar-refractivity contribution in [1.82, 2.24) is 0 Å². The van der Waals surface area contributed by atoms with Gasteiger partial charge in [-0.25, -0.2) is 0 Å². The number of esters is 1. The Kier molecular flexibility index (Phi) is 7.68. The van der Waals surface area contributed by atoms with Gasteiger partial charge in [-0.1, -0.05) is 20.3 Å². The van der Waals surface area contributed by atoms with E-state index in [9.17, 15) is 9.59 Å². The monoisotopic (exact) mass is 352 g/mol. The summed E-state index contributed by atoms with van der Waals surface area (Å²) in [4.78, 5) is 23.4. The number of Topliss-reactive ketones (excluding diaryl/α,β-unsaturated/α-hetero) is 1. The van der Waals surface area contributed by atoms with Gasteiger partial charge in [-0.05, 0) is 61.4 Å². The van der Waals surface area contributed by atoms with Gasteiger partial charge in [0.05, 0.1) is 11.4 Å². The number of nitrogens with zero attached hydrogens (tertiary/aromatic N) is 2. The van der Waals surface area contributed by atoms with Crippen LogP contribution >= 0.6 is 0 Å². The van der Waals surface area contributed by atoms with E-state index >= 15 is 0 Å². The first kappa shape index (κ1) is 19.5. The van der Waals surface area contributed by atoms with Gasteiger partial charge in [0.25, 0.3) is 0 Å². The maximum Gasteiger partial charge on any atom is 0.311 e. The van der Waals surface area contributed by atoms with Crippen molar-refractivity contribution >= 4 is 23.1 Å². The summed E-state index contributed by atoms with van der Waals surface area (Å²) >= 11 is 0. The predicted molar refractivity (Wildman–Crippen MR) is 101 cm³/mol. The minimum absolute atomic E-state index is 0.156. The van der Waals surface area contributed by atoms with Crippen LogP contribution < -0.4 is 4.74 Å². The molecule has 0 bridgehead atoms. The Balaban J connectivity index is 1.94. The van der Waals surface area contributed by atoms with Crippen molar-refractivity contribution in [3.63, 3.8) is 0 Å². The van der Waals surface area contributed by atoms with Gasteiger partial charge >= 0.3 is 5.97 Å². The molecule has 0 aromatic heterocycles. The molecule has 26 heavy (non-hydrogen) atoms. The Bertz CT molecular complexity index is 750. The number of rotatable bonds is 9. The summed E-state index contributed by atoms with van der Waals surface area (Å²) < 4.78 is 5.19. The first-order valence-corrected chi connectivity index (χ1v) is 8.98. The number of ketones is 1.